The fourth-order valence-electron chi connectivity index (χ4n) is 2.99. The number of hydrogen-bond donors (Lipinski definition) is 2. The van der Waals surface area contributed by atoms with Crippen LogP contribution in [0.1, 0.15) is 62.6 Å². The highest BCUT2D eigenvalue weighted by Gasteiger charge is 2.17. The first-order chi connectivity index (χ1) is 9.83. The minimum atomic E-state index is 0.234. The maximum Gasteiger partial charge on any atom is 0.0575 e. The van der Waals surface area contributed by atoms with E-state index in [2.05, 4.69) is 36.6 Å². The van der Waals surface area contributed by atoms with Gasteiger partial charge in [0.2, 0.25) is 0 Å². The summed E-state index contributed by atoms with van der Waals surface area (Å²) in [5.41, 5.74) is 5.67. The number of rotatable bonds is 7. The van der Waals surface area contributed by atoms with Gasteiger partial charge >= 0.3 is 0 Å². The Morgan fingerprint density at radius 3 is 3.00 bits per heavy atom. The van der Waals surface area contributed by atoms with Crippen LogP contribution in [0.4, 0.5) is 0 Å². The summed E-state index contributed by atoms with van der Waals surface area (Å²) < 4.78 is 5.80. The predicted molar refractivity (Wildman–Crippen MR) is 83.3 cm³/mol. The van der Waals surface area contributed by atoms with Crippen molar-refractivity contribution in [1.29, 1.82) is 0 Å². The van der Waals surface area contributed by atoms with Crippen molar-refractivity contribution in [2.24, 2.45) is 5.84 Å². The summed E-state index contributed by atoms with van der Waals surface area (Å²) in [6, 6.07) is 9.03. The number of aryl methyl sites for hydroxylation is 1. The van der Waals surface area contributed by atoms with Gasteiger partial charge in [0.1, 0.15) is 0 Å². The molecule has 20 heavy (non-hydrogen) atoms. The van der Waals surface area contributed by atoms with Crippen molar-refractivity contribution in [3.63, 3.8) is 0 Å². The van der Waals surface area contributed by atoms with Crippen LogP contribution >= 0.6 is 0 Å². The van der Waals surface area contributed by atoms with E-state index in [0.717, 1.165) is 25.9 Å². The third-order valence-electron chi connectivity index (χ3n) is 4.14. The molecule has 0 spiro atoms. The van der Waals surface area contributed by atoms with Gasteiger partial charge in [0, 0.05) is 12.6 Å². The first kappa shape index (κ1) is 15.5. The molecule has 2 rings (SSSR count). The molecule has 112 valence electrons. The molecule has 1 aliphatic rings. The van der Waals surface area contributed by atoms with Crippen molar-refractivity contribution in [3.8, 4) is 0 Å². The molecule has 1 fully saturated rings. The Morgan fingerprint density at radius 2 is 2.30 bits per heavy atom. The molecule has 1 aliphatic heterocycles. The molecule has 0 saturated carbocycles. The van der Waals surface area contributed by atoms with Gasteiger partial charge in [-0.15, -0.1) is 0 Å². The molecule has 3 N–H and O–H groups in total. The summed E-state index contributed by atoms with van der Waals surface area (Å²) in [7, 11) is 0. The molecular formula is C17H28N2O. The average Bonchev–Trinajstić information content (AvgIpc) is 2.50. The van der Waals surface area contributed by atoms with E-state index in [-0.39, 0.29) is 6.04 Å². The first-order valence-electron chi connectivity index (χ1n) is 8.00. The van der Waals surface area contributed by atoms with Crippen molar-refractivity contribution >= 4 is 0 Å². The summed E-state index contributed by atoms with van der Waals surface area (Å²) in [5.74, 6) is 5.75. The van der Waals surface area contributed by atoms with Crippen LogP contribution in [0.15, 0.2) is 24.3 Å². The molecule has 1 saturated heterocycles. The zero-order valence-corrected chi connectivity index (χ0v) is 12.6. The van der Waals surface area contributed by atoms with E-state index >= 15 is 0 Å². The van der Waals surface area contributed by atoms with E-state index in [9.17, 15) is 0 Å². The Morgan fingerprint density at radius 1 is 1.40 bits per heavy atom. The number of nitrogens with two attached hydrogens (primary N) is 1. The zero-order chi connectivity index (χ0) is 14.2. The molecule has 2 atom stereocenters. The van der Waals surface area contributed by atoms with Gasteiger partial charge in [0.25, 0.3) is 0 Å². The number of hydrogen-bond acceptors (Lipinski definition) is 3. The largest absolute Gasteiger partial charge is 0.378 e. The third kappa shape index (κ3) is 4.58. The van der Waals surface area contributed by atoms with Gasteiger partial charge in [0.15, 0.2) is 0 Å². The maximum absolute atomic E-state index is 5.80. The molecule has 1 aromatic carbocycles. The number of nitrogens with one attached hydrogen (secondary N) is 1. The van der Waals surface area contributed by atoms with Crippen LogP contribution in [-0.4, -0.2) is 12.7 Å². The summed E-state index contributed by atoms with van der Waals surface area (Å²) in [6.45, 7) is 3.14. The second kappa shape index (κ2) is 8.40. The lowest BCUT2D eigenvalue weighted by molar-refractivity contribution is 0.00854. The third-order valence-corrected chi connectivity index (χ3v) is 4.14. The summed E-state index contributed by atoms with van der Waals surface area (Å²) in [5, 5.41) is 0. The van der Waals surface area contributed by atoms with E-state index < -0.39 is 0 Å². The molecule has 3 nitrogen and oxygen atoms in total. The number of ether oxygens (including phenoxy) is 1. The topological polar surface area (TPSA) is 47.3 Å². The highest BCUT2D eigenvalue weighted by atomic mass is 16.5. The van der Waals surface area contributed by atoms with E-state index in [1.807, 2.05) is 0 Å². The quantitative estimate of drug-likeness (QED) is 0.592. The lowest BCUT2D eigenvalue weighted by Crippen LogP contribution is -2.29. The Labute approximate surface area is 122 Å². The molecule has 3 heteroatoms. The van der Waals surface area contributed by atoms with Gasteiger partial charge in [-0.05, 0) is 49.7 Å². The molecular weight excluding hydrogens is 248 g/mol. The second-order valence-corrected chi connectivity index (χ2v) is 5.78. The van der Waals surface area contributed by atoms with Gasteiger partial charge in [-0.25, -0.2) is 0 Å². The Hall–Kier alpha value is -0.900. The van der Waals surface area contributed by atoms with Crippen LogP contribution < -0.4 is 11.3 Å². The minimum Gasteiger partial charge on any atom is -0.378 e. The van der Waals surface area contributed by atoms with Crippen LogP contribution in [-0.2, 0) is 11.2 Å². The average molecular weight is 276 g/mol. The molecule has 2 unspecified atom stereocenters. The summed E-state index contributed by atoms with van der Waals surface area (Å²) in [4.78, 5) is 0. The summed E-state index contributed by atoms with van der Waals surface area (Å²) >= 11 is 0. The Balaban J connectivity index is 1.91. The number of benzene rings is 1. The van der Waals surface area contributed by atoms with Crippen molar-refractivity contribution in [1.82, 2.24) is 5.43 Å². The van der Waals surface area contributed by atoms with E-state index in [1.54, 1.807) is 0 Å². The lowest BCUT2D eigenvalue weighted by atomic mass is 9.96. The Kier molecular flexibility index (Phi) is 6.51. The molecule has 1 heterocycles. The van der Waals surface area contributed by atoms with Crippen molar-refractivity contribution < 1.29 is 4.74 Å². The van der Waals surface area contributed by atoms with Gasteiger partial charge in [-0.1, -0.05) is 37.6 Å². The SMILES string of the molecule is CCCc1cccc(C(CCC2CCCCO2)NN)c1. The standard InChI is InChI=1S/C17H28N2O/c1-2-6-14-7-5-8-15(13-14)17(19-18)11-10-16-9-3-4-12-20-16/h5,7-8,13,16-17,19H,2-4,6,9-12,18H2,1H3. The lowest BCUT2D eigenvalue weighted by Gasteiger charge is -2.25. The van der Waals surface area contributed by atoms with Gasteiger partial charge in [-0.3, -0.25) is 11.3 Å². The van der Waals surface area contributed by atoms with Crippen LogP contribution in [0.5, 0.6) is 0 Å². The Bertz CT molecular complexity index is 388. The zero-order valence-electron chi connectivity index (χ0n) is 12.6. The van der Waals surface area contributed by atoms with Crippen molar-refractivity contribution in [2.75, 3.05) is 6.61 Å². The molecule has 0 bridgehead atoms. The highest BCUT2D eigenvalue weighted by molar-refractivity contribution is 5.26. The smallest absolute Gasteiger partial charge is 0.0575 e. The van der Waals surface area contributed by atoms with Gasteiger partial charge in [-0.2, -0.15) is 0 Å². The minimum absolute atomic E-state index is 0.234. The second-order valence-electron chi connectivity index (χ2n) is 5.78. The van der Waals surface area contributed by atoms with Crippen LogP contribution in [0.2, 0.25) is 0 Å². The van der Waals surface area contributed by atoms with Gasteiger partial charge < -0.3 is 4.74 Å². The molecule has 0 amide bonds. The van der Waals surface area contributed by atoms with Crippen molar-refractivity contribution in [3.05, 3.63) is 35.4 Å². The van der Waals surface area contributed by atoms with E-state index in [0.29, 0.717) is 6.10 Å². The van der Waals surface area contributed by atoms with Crippen molar-refractivity contribution in [2.45, 2.75) is 64.0 Å². The van der Waals surface area contributed by atoms with Crippen LogP contribution in [0.3, 0.4) is 0 Å². The highest BCUT2D eigenvalue weighted by Crippen LogP contribution is 2.24. The first-order valence-corrected chi connectivity index (χ1v) is 8.00. The van der Waals surface area contributed by atoms with Crippen LogP contribution in [0, 0.1) is 0 Å². The molecule has 0 radical (unpaired) electrons. The normalized spacial score (nSPS) is 20.8. The van der Waals surface area contributed by atoms with Gasteiger partial charge in [0.05, 0.1) is 6.10 Å². The monoisotopic (exact) mass is 276 g/mol. The fraction of sp³-hybridized carbons (Fsp3) is 0.647. The number of hydrazine groups is 1. The molecule has 1 aromatic rings. The van der Waals surface area contributed by atoms with E-state index in [4.69, 9.17) is 10.6 Å². The predicted octanol–water partition coefficient (Wildman–Crippen LogP) is 3.49. The maximum atomic E-state index is 5.80. The van der Waals surface area contributed by atoms with Crippen LogP contribution in [0.25, 0.3) is 0 Å². The molecule has 0 aliphatic carbocycles. The fourth-order valence-corrected chi connectivity index (χ4v) is 2.99. The summed E-state index contributed by atoms with van der Waals surface area (Å²) in [6.07, 6.45) is 8.60. The molecule has 0 aromatic heterocycles. The van der Waals surface area contributed by atoms with E-state index in [1.165, 1.54) is 36.8 Å².